The Morgan fingerprint density at radius 1 is 1.26 bits per heavy atom. The van der Waals surface area contributed by atoms with Gasteiger partial charge in [0.05, 0.1) is 49.1 Å². The zero-order valence-corrected chi connectivity index (χ0v) is 22.9. The van der Waals surface area contributed by atoms with Crippen molar-refractivity contribution in [3.8, 4) is 17.0 Å². The molecule has 1 saturated carbocycles. The second-order valence-corrected chi connectivity index (χ2v) is 9.33. The van der Waals surface area contributed by atoms with Gasteiger partial charge in [0.25, 0.3) is 12.4 Å². The number of methoxy groups -OCH3 is 1. The summed E-state index contributed by atoms with van der Waals surface area (Å²) < 4.78 is 49.4. The third kappa shape index (κ3) is 7.47. The summed E-state index contributed by atoms with van der Waals surface area (Å²) in [7, 11) is 1.48. The van der Waals surface area contributed by atoms with E-state index < -0.39 is 18.7 Å². The average Bonchev–Trinajstić information content (AvgIpc) is 3.68. The molecule has 3 aromatic heterocycles. The molecule has 5 rings (SSSR count). The number of aromatic nitrogens is 5. The smallest absolute Gasteiger partial charge is 0.290 e. The number of nitrogens with one attached hydrogen (secondary N) is 2. The van der Waals surface area contributed by atoms with Gasteiger partial charge in [-0.05, 0) is 42.7 Å². The molecule has 1 aliphatic carbocycles. The van der Waals surface area contributed by atoms with Crippen molar-refractivity contribution < 1.29 is 32.7 Å². The summed E-state index contributed by atoms with van der Waals surface area (Å²) in [5.41, 5.74) is 8.06. The highest BCUT2D eigenvalue weighted by molar-refractivity contribution is 6.29. The molecular formula is C27H28ClFN8O5. The van der Waals surface area contributed by atoms with Crippen LogP contribution in [0.4, 0.5) is 21.6 Å². The molecule has 5 N–H and O–H groups in total. The van der Waals surface area contributed by atoms with Crippen LogP contribution in [0.15, 0.2) is 42.6 Å². The molecule has 0 atom stereocenters. The van der Waals surface area contributed by atoms with Gasteiger partial charge in [0.15, 0.2) is 16.6 Å². The Morgan fingerprint density at radius 3 is 2.74 bits per heavy atom. The van der Waals surface area contributed by atoms with Crippen LogP contribution in [-0.4, -0.2) is 56.5 Å². The van der Waals surface area contributed by atoms with Crippen LogP contribution in [0.25, 0.3) is 11.3 Å². The molecule has 1 aliphatic rings. The van der Waals surface area contributed by atoms with Crippen molar-refractivity contribution in [2.24, 2.45) is 0 Å². The Bertz CT molecular complexity index is 1670. The van der Waals surface area contributed by atoms with Crippen molar-refractivity contribution in [2.75, 3.05) is 25.1 Å². The highest BCUT2D eigenvalue weighted by Crippen LogP contribution is 2.41. The number of rotatable bonds is 10. The summed E-state index contributed by atoms with van der Waals surface area (Å²) in [6, 6.07) is 9.47. The number of ether oxygens (including phenoxy) is 2. The van der Waals surface area contributed by atoms with Gasteiger partial charge >= 0.3 is 0 Å². The highest BCUT2D eigenvalue weighted by Gasteiger charge is 2.25. The number of pyridine rings is 1. The summed E-state index contributed by atoms with van der Waals surface area (Å²) in [6.07, 6.45) is 4.00. The topological polar surface area (TPSA) is 179 Å². The first-order chi connectivity index (χ1) is 21.4. The molecule has 1 aromatic carbocycles. The lowest BCUT2D eigenvalue weighted by molar-refractivity contribution is -0.122. The largest absolute Gasteiger partial charge is 0.494 e. The van der Waals surface area contributed by atoms with Crippen molar-refractivity contribution in [1.29, 1.82) is 0 Å². The summed E-state index contributed by atoms with van der Waals surface area (Å²) in [5, 5.41) is 24.1. The maximum absolute atomic E-state index is 13.7. The Hall–Kier alpha value is -4.82. The first kappa shape index (κ1) is 26.1. The van der Waals surface area contributed by atoms with Crippen LogP contribution in [0, 0.1) is 5.82 Å². The molecule has 0 bridgehead atoms. The van der Waals surface area contributed by atoms with Crippen LogP contribution in [0.2, 0.25) is 5.15 Å². The lowest BCUT2D eigenvalue weighted by Gasteiger charge is -2.18. The van der Waals surface area contributed by atoms with E-state index in [1.54, 1.807) is 6.07 Å². The molecule has 4 aromatic rings. The van der Waals surface area contributed by atoms with Crippen LogP contribution < -0.4 is 21.1 Å². The molecule has 42 heavy (non-hydrogen) atoms. The first-order valence-corrected chi connectivity index (χ1v) is 12.7. The maximum Gasteiger partial charge on any atom is 0.290 e. The minimum atomic E-state index is -2.75. The average molecular weight is 602 g/mol. The minimum absolute atomic E-state index is 0.00822. The number of carboxylic acid groups (broad SMARTS) is 1. The Balaban J connectivity index is 0.00000148. The summed E-state index contributed by atoms with van der Waals surface area (Å²) in [6.45, 7) is -2.93. The quantitative estimate of drug-likeness (QED) is 0.193. The number of halogens is 2. The van der Waals surface area contributed by atoms with E-state index in [2.05, 4.69) is 20.5 Å². The number of nitrogens with two attached hydrogens (primary N) is 1. The molecule has 0 radical (unpaired) electrons. The molecule has 0 unspecified atom stereocenters. The number of carbonyl (C=O) groups excluding carboxylic acids is 1. The van der Waals surface area contributed by atoms with Crippen molar-refractivity contribution in [3.63, 3.8) is 0 Å². The van der Waals surface area contributed by atoms with Gasteiger partial charge in [0.2, 0.25) is 0 Å². The van der Waals surface area contributed by atoms with E-state index in [4.69, 9.17) is 45.9 Å². The van der Waals surface area contributed by atoms with Gasteiger partial charge in [-0.3, -0.25) is 14.3 Å². The van der Waals surface area contributed by atoms with E-state index in [-0.39, 0.29) is 42.0 Å². The zero-order chi connectivity index (χ0) is 32.7. The number of nitrogen functional groups attached to an aromatic ring is 1. The number of amides is 1. The number of hydrogen-bond donors (Lipinski definition) is 4. The maximum atomic E-state index is 13.7. The molecule has 220 valence electrons. The third-order valence-electron chi connectivity index (χ3n) is 5.90. The molecule has 0 aliphatic heterocycles. The van der Waals surface area contributed by atoms with Crippen molar-refractivity contribution in [3.05, 3.63) is 70.5 Å². The fraction of sp³-hybridized carbons (Fsp3) is 0.259. The standard InChI is InChI=1S/C26H26ClFN8O3.CH2O2/c1-30-26(37)24-20(11-22(27)33-34-24)32-21-8-14(12-39-13-16-9-15(28)10-23(29)31-16)7-18(25(21)38-2)19-5-6-36(35-19)17-3-4-17;2-1-3/h5-11,17H,3-4,12-13H2,1-2H3,(H2,29,31)(H,30,37)(H,32,33);1H,(H,2,3)/i1D3;. The van der Waals surface area contributed by atoms with E-state index in [0.29, 0.717) is 40.0 Å². The third-order valence-corrected chi connectivity index (χ3v) is 6.09. The van der Waals surface area contributed by atoms with Crippen LogP contribution in [0.5, 0.6) is 5.75 Å². The molecule has 0 spiro atoms. The highest BCUT2D eigenvalue weighted by atomic mass is 35.5. The fourth-order valence-electron chi connectivity index (χ4n) is 4.05. The monoisotopic (exact) mass is 601 g/mol. The van der Waals surface area contributed by atoms with Gasteiger partial charge in [-0.1, -0.05) is 11.6 Å². The SMILES string of the molecule is O=CO.[2H]C([2H])([2H])NC(=O)c1nnc(Cl)cc1Nc1cc(COCc2cc(F)cc(N)n2)cc(-c2ccn(C3CC3)n2)c1OC. The van der Waals surface area contributed by atoms with Crippen LogP contribution in [-0.2, 0) is 22.7 Å². The van der Waals surface area contributed by atoms with Crippen molar-refractivity contribution >= 4 is 41.2 Å². The minimum Gasteiger partial charge on any atom is -0.494 e. The molecule has 13 nitrogen and oxygen atoms in total. The van der Waals surface area contributed by atoms with Gasteiger partial charge in [0, 0.05) is 35.0 Å². The molecular weight excluding hydrogens is 571 g/mol. The summed E-state index contributed by atoms with van der Waals surface area (Å²) in [5.74, 6) is -1.07. The van der Waals surface area contributed by atoms with E-state index in [1.807, 2.05) is 28.3 Å². The molecule has 3 heterocycles. The van der Waals surface area contributed by atoms with Crippen molar-refractivity contribution in [2.45, 2.75) is 32.1 Å². The first-order valence-electron chi connectivity index (χ1n) is 13.9. The van der Waals surface area contributed by atoms with Gasteiger partial charge in [0.1, 0.15) is 11.6 Å². The predicted octanol–water partition coefficient (Wildman–Crippen LogP) is 3.97. The van der Waals surface area contributed by atoms with E-state index in [0.717, 1.165) is 18.9 Å². The lowest BCUT2D eigenvalue weighted by atomic mass is 10.0. The van der Waals surface area contributed by atoms with E-state index in [9.17, 15) is 9.18 Å². The lowest BCUT2D eigenvalue weighted by Crippen LogP contribution is -2.21. The normalized spacial score (nSPS) is 13.5. The summed E-state index contributed by atoms with van der Waals surface area (Å²) >= 11 is 6.08. The van der Waals surface area contributed by atoms with E-state index in [1.165, 1.54) is 19.2 Å². The van der Waals surface area contributed by atoms with Crippen LogP contribution >= 0.6 is 11.6 Å². The number of anilines is 3. The molecule has 1 amide bonds. The van der Waals surface area contributed by atoms with Crippen molar-refractivity contribution in [1.82, 2.24) is 30.3 Å². The van der Waals surface area contributed by atoms with Gasteiger partial charge < -0.3 is 30.9 Å². The molecule has 1 fully saturated rings. The number of carbonyl (C=O) groups is 2. The van der Waals surface area contributed by atoms with Gasteiger partial charge in [-0.2, -0.15) is 5.10 Å². The predicted molar refractivity (Wildman–Crippen MR) is 152 cm³/mol. The second kappa shape index (κ2) is 13.7. The van der Waals surface area contributed by atoms with Gasteiger partial charge in [-0.15, -0.1) is 10.2 Å². The zero-order valence-electron chi connectivity index (χ0n) is 25.2. The van der Waals surface area contributed by atoms with Crippen LogP contribution in [0.1, 0.15) is 44.7 Å². The van der Waals surface area contributed by atoms with E-state index >= 15 is 0 Å². The Morgan fingerprint density at radius 2 is 2.05 bits per heavy atom. The Kier molecular flexibility index (Phi) is 8.51. The summed E-state index contributed by atoms with van der Waals surface area (Å²) in [4.78, 5) is 25.2. The van der Waals surface area contributed by atoms with Crippen LogP contribution in [0.3, 0.4) is 0 Å². The number of nitrogens with zero attached hydrogens (tertiary/aromatic N) is 5. The number of benzene rings is 1. The second-order valence-electron chi connectivity index (χ2n) is 8.94. The molecule has 15 heteroatoms. The fourth-order valence-corrected chi connectivity index (χ4v) is 4.20. The molecule has 0 saturated heterocycles. The Labute approximate surface area is 249 Å². The number of hydrogen-bond acceptors (Lipinski definition) is 10. The van der Waals surface area contributed by atoms with Gasteiger partial charge in [-0.25, -0.2) is 9.37 Å².